The maximum atomic E-state index is 10.8. The predicted octanol–water partition coefficient (Wildman–Crippen LogP) is -0.743. The fourth-order valence-electron chi connectivity index (χ4n) is 1.93. The molecule has 0 aromatic carbocycles. The molecule has 0 spiro atoms. The summed E-state index contributed by atoms with van der Waals surface area (Å²) in [6, 6.07) is 0. The highest BCUT2D eigenvalue weighted by Gasteiger charge is 2.50. The molecule has 2 heterocycles. The van der Waals surface area contributed by atoms with Crippen LogP contribution in [0.25, 0.3) is 0 Å². The molecule has 6 heteroatoms. The first-order valence-corrected chi connectivity index (χ1v) is 4.72. The molecule has 15 heavy (non-hydrogen) atoms. The molecular formula is C9H12O6. The van der Waals surface area contributed by atoms with Gasteiger partial charge in [-0.05, 0) is 0 Å². The highest BCUT2D eigenvalue weighted by molar-refractivity contribution is 5.66. The zero-order valence-electron chi connectivity index (χ0n) is 8.25. The topological polar surface area (TPSA) is 71.1 Å². The molecule has 0 amide bonds. The van der Waals surface area contributed by atoms with E-state index in [1.54, 1.807) is 0 Å². The van der Waals surface area contributed by atoms with Gasteiger partial charge in [0.05, 0.1) is 13.2 Å². The van der Waals surface area contributed by atoms with Crippen LogP contribution in [0.2, 0.25) is 0 Å². The summed E-state index contributed by atoms with van der Waals surface area (Å²) in [5.41, 5.74) is 0. The minimum Gasteiger partial charge on any atom is -0.459 e. The van der Waals surface area contributed by atoms with Crippen molar-refractivity contribution in [3.8, 4) is 0 Å². The largest absolute Gasteiger partial charge is 0.459 e. The minimum absolute atomic E-state index is 0.284. The fourth-order valence-corrected chi connectivity index (χ4v) is 1.93. The van der Waals surface area contributed by atoms with Crippen LogP contribution in [0.3, 0.4) is 0 Å². The van der Waals surface area contributed by atoms with Gasteiger partial charge in [0.15, 0.2) is 12.2 Å². The number of fused-ring (bicyclic) bond motifs is 1. The fraction of sp³-hybridized carbons (Fsp3) is 0.778. The lowest BCUT2D eigenvalue weighted by molar-refractivity contribution is -0.151. The van der Waals surface area contributed by atoms with Crippen molar-refractivity contribution in [1.29, 1.82) is 0 Å². The summed E-state index contributed by atoms with van der Waals surface area (Å²) in [6.07, 6.45) is -1.43. The second-order valence-electron chi connectivity index (χ2n) is 3.51. The lowest BCUT2D eigenvalue weighted by Gasteiger charge is -2.15. The van der Waals surface area contributed by atoms with Gasteiger partial charge in [0.2, 0.25) is 0 Å². The third-order valence-corrected chi connectivity index (χ3v) is 2.51. The van der Waals surface area contributed by atoms with Crippen LogP contribution in [-0.4, -0.2) is 50.1 Å². The van der Waals surface area contributed by atoms with Gasteiger partial charge in [0.25, 0.3) is 6.47 Å². The molecule has 0 N–H and O–H groups in total. The number of esters is 1. The average Bonchev–Trinajstić information content (AvgIpc) is 2.71. The molecule has 2 unspecified atom stereocenters. The van der Waals surface area contributed by atoms with E-state index in [0.717, 1.165) is 0 Å². The number of rotatable bonds is 3. The molecule has 84 valence electrons. The van der Waals surface area contributed by atoms with E-state index in [0.29, 0.717) is 6.47 Å². The molecule has 4 atom stereocenters. The summed E-state index contributed by atoms with van der Waals surface area (Å²) in [5.74, 6) is -0.368. The SMILES string of the molecule is CC(=O)O[C@@H]1COC2C1OC[C@H]2OC=O. The van der Waals surface area contributed by atoms with Gasteiger partial charge in [0.1, 0.15) is 12.2 Å². The first-order chi connectivity index (χ1) is 7.22. The Kier molecular flexibility index (Phi) is 2.88. The van der Waals surface area contributed by atoms with Gasteiger partial charge in [-0.15, -0.1) is 0 Å². The summed E-state index contributed by atoms with van der Waals surface area (Å²) in [5, 5.41) is 0. The molecule has 0 saturated carbocycles. The number of hydrogen-bond acceptors (Lipinski definition) is 6. The predicted molar refractivity (Wildman–Crippen MR) is 46.0 cm³/mol. The van der Waals surface area contributed by atoms with Crippen molar-refractivity contribution in [2.75, 3.05) is 13.2 Å². The van der Waals surface area contributed by atoms with Gasteiger partial charge >= 0.3 is 5.97 Å². The zero-order valence-corrected chi connectivity index (χ0v) is 8.25. The van der Waals surface area contributed by atoms with E-state index in [1.807, 2.05) is 0 Å². The molecule has 2 fully saturated rings. The molecule has 0 radical (unpaired) electrons. The molecule has 2 saturated heterocycles. The smallest absolute Gasteiger partial charge is 0.303 e. The summed E-state index contributed by atoms with van der Waals surface area (Å²) >= 11 is 0. The summed E-state index contributed by atoms with van der Waals surface area (Å²) in [7, 11) is 0. The third kappa shape index (κ3) is 1.95. The molecule has 2 aliphatic rings. The second kappa shape index (κ2) is 4.16. The second-order valence-corrected chi connectivity index (χ2v) is 3.51. The Bertz CT molecular complexity index is 265. The molecule has 0 aromatic rings. The normalized spacial score (nSPS) is 38.5. The third-order valence-electron chi connectivity index (χ3n) is 2.51. The monoisotopic (exact) mass is 216 g/mol. The van der Waals surface area contributed by atoms with Gasteiger partial charge < -0.3 is 18.9 Å². The van der Waals surface area contributed by atoms with Crippen LogP contribution in [0.5, 0.6) is 0 Å². The van der Waals surface area contributed by atoms with Gasteiger partial charge in [-0.1, -0.05) is 0 Å². The minimum atomic E-state index is -0.396. The number of carbonyl (C=O) groups excluding carboxylic acids is 2. The Morgan fingerprint density at radius 1 is 1.27 bits per heavy atom. The molecule has 2 rings (SSSR count). The van der Waals surface area contributed by atoms with Crippen LogP contribution in [0, 0.1) is 0 Å². The van der Waals surface area contributed by atoms with Crippen molar-refractivity contribution in [2.24, 2.45) is 0 Å². The van der Waals surface area contributed by atoms with E-state index in [-0.39, 0.29) is 31.4 Å². The van der Waals surface area contributed by atoms with E-state index >= 15 is 0 Å². The first-order valence-electron chi connectivity index (χ1n) is 4.72. The van der Waals surface area contributed by atoms with Crippen molar-refractivity contribution in [3.63, 3.8) is 0 Å². The van der Waals surface area contributed by atoms with E-state index in [4.69, 9.17) is 18.9 Å². The molecular weight excluding hydrogens is 204 g/mol. The lowest BCUT2D eigenvalue weighted by Crippen LogP contribution is -2.34. The van der Waals surface area contributed by atoms with Gasteiger partial charge in [-0.3, -0.25) is 9.59 Å². The van der Waals surface area contributed by atoms with Crippen molar-refractivity contribution < 1.29 is 28.5 Å². The lowest BCUT2D eigenvalue weighted by atomic mass is 10.1. The van der Waals surface area contributed by atoms with E-state index < -0.39 is 12.2 Å². The summed E-state index contributed by atoms with van der Waals surface area (Å²) in [6.45, 7) is 2.28. The highest BCUT2D eigenvalue weighted by Crippen LogP contribution is 2.30. The van der Waals surface area contributed by atoms with Gasteiger partial charge in [0, 0.05) is 6.92 Å². The Morgan fingerprint density at radius 2 is 1.87 bits per heavy atom. The average molecular weight is 216 g/mol. The maximum Gasteiger partial charge on any atom is 0.303 e. The number of hydrogen-bond donors (Lipinski definition) is 0. The van der Waals surface area contributed by atoms with E-state index in [9.17, 15) is 9.59 Å². The standard InChI is InChI=1S/C9H12O6/c1-5(11)15-7-3-13-8-6(14-4-10)2-12-9(7)8/h4,6-9H,2-3H2,1H3/t6-,7-,8?,9?/m1/s1. The van der Waals surface area contributed by atoms with Crippen molar-refractivity contribution in [2.45, 2.75) is 31.3 Å². The van der Waals surface area contributed by atoms with E-state index in [2.05, 4.69) is 0 Å². The molecule has 0 aromatic heterocycles. The maximum absolute atomic E-state index is 10.8. The van der Waals surface area contributed by atoms with Crippen molar-refractivity contribution >= 4 is 12.4 Å². The Labute approximate surface area is 86.4 Å². The summed E-state index contributed by atoms with van der Waals surface area (Å²) < 4.78 is 20.6. The molecule has 0 aliphatic carbocycles. The van der Waals surface area contributed by atoms with Crippen molar-refractivity contribution in [1.82, 2.24) is 0 Å². The Morgan fingerprint density at radius 3 is 2.47 bits per heavy atom. The van der Waals surface area contributed by atoms with Crippen molar-refractivity contribution in [3.05, 3.63) is 0 Å². The van der Waals surface area contributed by atoms with Gasteiger partial charge in [-0.25, -0.2) is 0 Å². The quantitative estimate of drug-likeness (QED) is 0.457. The Hall–Kier alpha value is -1.14. The van der Waals surface area contributed by atoms with Crippen LogP contribution in [0.1, 0.15) is 6.92 Å². The molecule has 2 aliphatic heterocycles. The number of ether oxygens (including phenoxy) is 4. The van der Waals surface area contributed by atoms with Crippen LogP contribution < -0.4 is 0 Å². The summed E-state index contributed by atoms with van der Waals surface area (Å²) in [4.78, 5) is 21.0. The van der Waals surface area contributed by atoms with Crippen LogP contribution in [0.4, 0.5) is 0 Å². The first kappa shape index (κ1) is 10.4. The van der Waals surface area contributed by atoms with Gasteiger partial charge in [-0.2, -0.15) is 0 Å². The molecule has 0 bridgehead atoms. The van der Waals surface area contributed by atoms with Crippen LogP contribution >= 0.6 is 0 Å². The highest BCUT2D eigenvalue weighted by atomic mass is 16.7. The zero-order chi connectivity index (χ0) is 10.8. The van der Waals surface area contributed by atoms with Crippen LogP contribution in [0.15, 0.2) is 0 Å². The number of carbonyl (C=O) groups is 2. The molecule has 6 nitrogen and oxygen atoms in total. The van der Waals surface area contributed by atoms with E-state index in [1.165, 1.54) is 6.92 Å². The Balaban J connectivity index is 1.95. The van der Waals surface area contributed by atoms with Crippen LogP contribution in [-0.2, 0) is 28.5 Å².